The van der Waals surface area contributed by atoms with Crippen molar-refractivity contribution < 1.29 is 18.3 Å². The van der Waals surface area contributed by atoms with Crippen LogP contribution in [0.15, 0.2) is 47.4 Å². The number of carbonyl (C=O) groups is 1. The molecule has 2 aromatic rings. The van der Waals surface area contributed by atoms with E-state index in [9.17, 15) is 18.3 Å². The minimum Gasteiger partial charge on any atom is -0.391 e. The van der Waals surface area contributed by atoms with Crippen molar-refractivity contribution >= 4 is 21.6 Å². The second-order valence-electron chi connectivity index (χ2n) is 8.47. The van der Waals surface area contributed by atoms with Gasteiger partial charge >= 0.3 is 0 Å². The van der Waals surface area contributed by atoms with Gasteiger partial charge in [0.1, 0.15) is 6.54 Å². The minimum absolute atomic E-state index is 0.146. The van der Waals surface area contributed by atoms with Crippen molar-refractivity contribution in [1.82, 2.24) is 4.90 Å². The average molecular weight is 445 g/mol. The number of likely N-dealkylation sites (N-methyl/N-ethyl adjacent to an activating group) is 1. The first kappa shape index (κ1) is 23.3. The standard InChI is InChI=1S/C24H32N2O4S/c1-17-12-14-20(15-13-17)31(29,30)26(21-10-7-8-18(2)19(21)3)16-24(28)25(4)22-9-5-6-11-23(22)27/h7-8,10,12-15,22-23,27H,5-6,9,11,16H2,1-4H3. The summed E-state index contributed by atoms with van der Waals surface area (Å²) in [4.78, 5) is 14.9. The molecule has 2 aromatic carbocycles. The van der Waals surface area contributed by atoms with Gasteiger partial charge in [0.2, 0.25) is 5.91 Å². The molecule has 168 valence electrons. The van der Waals surface area contributed by atoms with E-state index in [1.807, 2.05) is 26.8 Å². The predicted octanol–water partition coefficient (Wildman–Crippen LogP) is 3.57. The summed E-state index contributed by atoms with van der Waals surface area (Å²) in [5.41, 5.74) is 3.21. The smallest absolute Gasteiger partial charge is 0.264 e. The van der Waals surface area contributed by atoms with Gasteiger partial charge in [0, 0.05) is 7.05 Å². The van der Waals surface area contributed by atoms with E-state index in [2.05, 4.69) is 0 Å². The highest BCUT2D eigenvalue weighted by Gasteiger charge is 2.33. The Morgan fingerprint density at radius 1 is 1.03 bits per heavy atom. The van der Waals surface area contributed by atoms with Crippen LogP contribution in [0.25, 0.3) is 0 Å². The van der Waals surface area contributed by atoms with Gasteiger partial charge in [-0.1, -0.05) is 42.7 Å². The monoisotopic (exact) mass is 444 g/mol. The van der Waals surface area contributed by atoms with Gasteiger partial charge in [-0.3, -0.25) is 9.10 Å². The third-order valence-electron chi connectivity index (χ3n) is 6.32. The lowest BCUT2D eigenvalue weighted by molar-refractivity contribution is -0.133. The zero-order valence-electron chi connectivity index (χ0n) is 18.7. The van der Waals surface area contributed by atoms with Crippen LogP contribution in [-0.4, -0.2) is 50.1 Å². The second-order valence-corrected chi connectivity index (χ2v) is 10.3. The van der Waals surface area contributed by atoms with Gasteiger partial charge in [-0.2, -0.15) is 0 Å². The molecule has 31 heavy (non-hydrogen) atoms. The maximum Gasteiger partial charge on any atom is 0.264 e. The highest BCUT2D eigenvalue weighted by Crippen LogP contribution is 2.29. The van der Waals surface area contributed by atoms with Crippen molar-refractivity contribution in [3.8, 4) is 0 Å². The highest BCUT2D eigenvalue weighted by molar-refractivity contribution is 7.92. The molecule has 6 nitrogen and oxygen atoms in total. The molecule has 0 saturated heterocycles. The van der Waals surface area contributed by atoms with Crippen LogP contribution in [0, 0.1) is 20.8 Å². The Morgan fingerprint density at radius 2 is 1.68 bits per heavy atom. The van der Waals surface area contributed by atoms with Crippen molar-refractivity contribution in [3.63, 3.8) is 0 Å². The Morgan fingerprint density at radius 3 is 2.32 bits per heavy atom. The van der Waals surface area contributed by atoms with E-state index in [4.69, 9.17) is 0 Å². The summed E-state index contributed by atoms with van der Waals surface area (Å²) in [5, 5.41) is 10.4. The van der Waals surface area contributed by atoms with E-state index >= 15 is 0 Å². The molecule has 0 aliphatic heterocycles. The maximum absolute atomic E-state index is 13.6. The zero-order valence-corrected chi connectivity index (χ0v) is 19.5. The molecular formula is C24H32N2O4S. The molecule has 1 aliphatic carbocycles. The number of carbonyl (C=O) groups excluding carboxylic acids is 1. The molecule has 1 fully saturated rings. The number of aryl methyl sites for hydroxylation is 2. The second kappa shape index (κ2) is 9.40. The fraction of sp³-hybridized carbons (Fsp3) is 0.458. The largest absolute Gasteiger partial charge is 0.391 e. The molecule has 0 spiro atoms. The number of hydrogen-bond donors (Lipinski definition) is 1. The Labute approximate surface area is 185 Å². The van der Waals surface area contributed by atoms with Crippen LogP contribution in [0.4, 0.5) is 5.69 Å². The van der Waals surface area contributed by atoms with E-state index in [-0.39, 0.29) is 23.4 Å². The van der Waals surface area contributed by atoms with Gasteiger partial charge in [0.25, 0.3) is 10.0 Å². The van der Waals surface area contributed by atoms with Crippen LogP contribution < -0.4 is 4.31 Å². The normalized spacial score (nSPS) is 19.1. The number of sulfonamides is 1. The Hall–Kier alpha value is -2.38. The predicted molar refractivity (Wildman–Crippen MR) is 123 cm³/mol. The number of benzene rings is 2. The molecule has 0 radical (unpaired) electrons. The summed E-state index contributed by atoms with van der Waals surface area (Å²) in [6, 6.07) is 11.8. The van der Waals surface area contributed by atoms with Crippen molar-refractivity contribution in [2.24, 2.45) is 0 Å². The first-order valence-corrected chi connectivity index (χ1v) is 12.2. The number of amides is 1. The summed E-state index contributed by atoms with van der Waals surface area (Å²) < 4.78 is 28.4. The molecule has 0 aromatic heterocycles. The number of hydrogen-bond acceptors (Lipinski definition) is 4. The van der Waals surface area contributed by atoms with Crippen LogP contribution in [0.3, 0.4) is 0 Å². The van der Waals surface area contributed by atoms with Gasteiger partial charge in [-0.25, -0.2) is 8.42 Å². The molecule has 1 N–H and O–H groups in total. The summed E-state index contributed by atoms with van der Waals surface area (Å²) >= 11 is 0. The third-order valence-corrected chi connectivity index (χ3v) is 8.09. The highest BCUT2D eigenvalue weighted by atomic mass is 32.2. The maximum atomic E-state index is 13.6. The van der Waals surface area contributed by atoms with Crippen molar-refractivity contribution in [3.05, 3.63) is 59.2 Å². The van der Waals surface area contributed by atoms with E-state index in [0.29, 0.717) is 12.1 Å². The van der Waals surface area contributed by atoms with Gasteiger partial charge in [0.15, 0.2) is 0 Å². The fourth-order valence-electron chi connectivity index (χ4n) is 4.11. The van der Waals surface area contributed by atoms with Gasteiger partial charge in [-0.05, 0) is 62.9 Å². The number of aliphatic hydroxyl groups is 1. The minimum atomic E-state index is -3.96. The van der Waals surface area contributed by atoms with Crippen LogP contribution in [-0.2, 0) is 14.8 Å². The molecule has 2 atom stereocenters. The van der Waals surface area contributed by atoms with Crippen LogP contribution in [0.1, 0.15) is 42.4 Å². The Bertz CT molecular complexity index is 1030. The molecule has 2 unspecified atom stereocenters. The van der Waals surface area contributed by atoms with Crippen molar-refractivity contribution in [2.75, 3.05) is 17.9 Å². The first-order chi connectivity index (χ1) is 14.6. The molecular weight excluding hydrogens is 412 g/mol. The molecule has 1 amide bonds. The zero-order chi connectivity index (χ0) is 22.8. The third kappa shape index (κ3) is 4.93. The van der Waals surface area contributed by atoms with Crippen LogP contribution >= 0.6 is 0 Å². The van der Waals surface area contributed by atoms with Gasteiger partial charge in [-0.15, -0.1) is 0 Å². The molecule has 7 heteroatoms. The molecule has 1 saturated carbocycles. The van der Waals surface area contributed by atoms with Gasteiger partial charge in [0.05, 0.1) is 22.7 Å². The summed E-state index contributed by atoms with van der Waals surface area (Å²) in [7, 11) is -2.31. The van der Waals surface area contributed by atoms with Gasteiger partial charge < -0.3 is 10.0 Å². The van der Waals surface area contributed by atoms with Crippen LogP contribution in [0.5, 0.6) is 0 Å². The fourth-order valence-corrected chi connectivity index (χ4v) is 5.58. The molecule has 0 bridgehead atoms. The summed E-state index contributed by atoms with van der Waals surface area (Å²) in [6.07, 6.45) is 2.69. The topological polar surface area (TPSA) is 77.9 Å². The number of rotatable bonds is 6. The average Bonchev–Trinajstić information content (AvgIpc) is 2.74. The quantitative estimate of drug-likeness (QED) is 0.739. The lowest BCUT2D eigenvalue weighted by Crippen LogP contribution is -2.50. The first-order valence-electron chi connectivity index (χ1n) is 10.7. The number of nitrogens with zero attached hydrogens (tertiary/aromatic N) is 2. The summed E-state index contributed by atoms with van der Waals surface area (Å²) in [6.45, 7) is 5.36. The van der Waals surface area contributed by atoms with E-state index in [0.717, 1.165) is 36.0 Å². The molecule has 1 aliphatic rings. The lowest BCUT2D eigenvalue weighted by atomic mass is 9.91. The SMILES string of the molecule is Cc1ccc(S(=O)(=O)N(CC(=O)N(C)C2CCCCC2O)c2cccc(C)c2C)cc1. The van der Waals surface area contributed by atoms with Crippen molar-refractivity contribution in [1.29, 1.82) is 0 Å². The molecule has 3 rings (SSSR count). The Balaban J connectivity index is 1.99. The lowest BCUT2D eigenvalue weighted by Gasteiger charge is -2.36. The van der Waals surface area contributed by atoms with E-state index in [1.54, 1.807) is 43.4 Å². The molecule has 0 heterocycles. The number of aliphatic hydroxyl groups excluding tert-OH is 1. The number of anilines is 1. The summed E-state index contributed by atoms with van der Waals surface area (Å²) in [5.74, 6) is -0.331. The van der Waals surface area contributed by atoms with E-state index < -0.39 is 16.1 Å². The van der Waals surface area contributed by atoms with Crippen LogP contribution in [0.2, 0.25) is 0 Å². The van der Waals surface area contributed by atoms with Crippen molar-refractivity contribution in [2.45, 2.75) is 63.5 Å². The van der Waals surface area contributed by atoms with E-state index in [1.165, 1.54) is 9.21 Å². The Kier molecular flexibility index (Phi) is 7.06.